The minimum absolute atomic E-state index is 0.240. The van der Waals surface area contributed by atoms with E-state index < -0.39 is 11.1 Å². The van der Waals surface area contributed by atoms with E-state index in [1.165, 1.54) is 53.9 Å². The minimum Gasteiger partial charge on any atom is -0.467 e. The molecule has 0 unspecified atom stereocenters. The topological polar surface area (TPSA) is 48.6 Å². The van der Waals surface area contributed by atoms with Crippen LogP contribution in [0.15, 0.2) is 81.6 Å². The van der Waals surface area contributed by atoms with Crippen molar-refractivity contribution in [3.8, 4) is 17.2 Å². The smallest absolute Gasteiger partial charge is 0.218 e. The van der Waals surface area contributed by atoms with Gasteiger partial charge in [-0.05, 0) is 119 Å². The standard InChI is InChI=1S/C43H41N3O2S/c1-22-16-27(6)37-30(17-22)42(9)43(10,41(37,7)8)48-40(45-42)29-20-32(25(4)18-24(29)3)47-33-21-31-35(19-26(33)5)49-34-13-11-12-28-36-23(2)14-15-44-39(36)46(31)38(28)34/h11-21H,1-10H3/t42-,43+/m1/s1. The van der Waals surface area contributed by atoms with Gasteiger partial charge in [-0.1, -0.05) is 61.5 Å². The van der Waals surface area contributed by atoms with Crippen molar-refractivity contribution >= 4 is 39.6 Å². The van der Waals surface area contributed by atoms with E-state index in [2.05, 4.69) is 134 Å². The Morgan fingerprint density at radius 3 is 2.31 bits per heavy atom. The number of aliphatic imine (C=N–C) groups is 1. The van der Waals surface area contributed by atoms with Crippen molar-refractivity contribution in [2.75, 3.05) is 0 Å². The second kappa shape index (κ2) is 9.79. The number of rotatable bonds is 3. The zero-order valence-corrected chi connectivity index (χ0v) is 30.7. The van der Waals surface area contributed by atoms with Gasteiger partial charge in [-0.15, -0.1) is 0 Å². The van der Waals surface area contributed by atoms with Crippen LogP contribution in [-0.4, -0.2) is 21.0 Å². The third kappa shape index (κ3) is 3.84. The van der Waals surface area contributed by atoms with Crippen molar-refractivity contribution in [2.45, 2.75) is 95.6 Å². The van der Waals surface area contributed by atoms with E-state index in [1.807, 2.05) is 18.0 Å². The van der Waals surface area contributed by atoms with Crippen molar-refractivity contribution in [1.29, 1.82) is 0 Å². The van der Waals surface area contributed by atoms with Crippen molar-refractivity contribution in [1.82, 2.24) is 9.55 Å². The highest BCUT2D eigenvalue weighted by Gasteiger charge is 2.68. The van der Waals surface area contributed by atoms with Gasteiger partial charge in [-0.3, -0.25) is 4.57 Å². The van der Waals surface area contributed by atoms with Gasteiger partial charge in [0.15, 0.2) is 0 Å². The van der Waals surface area contributed by atoms with Crippen LogP contribution in [0.25, 0.3) is 27.6 Å². The molecule has 0 spiro atoms. The summed E-state index contributed by atoms with van der Waals surface area (Å²) in [5.41, 5.74) is 12.6. The summed E-state index contributed by atoms with van der Waals surface area (Å²) in [5.74, 6) is 2.31. The van der Waals surface area contributed by atoms with Crippen LogP contribution in [0.2, 0.25) is 0 Å². The summed E-state index contributed by atoms with van der Waals surface area (Å²) in [6, 6.07) is 22.0. The predicted octanol–water partition coefficient (Wildman–Crippen LogP) is 11.0. The molecule has 3 aliphatic rings. The molecule has 4 aromatic carbocycles. The van der Waals surface area contributed by atoms with Crippen LogP contribution in [0.5, 0.6) is 11.5 Å². The van der Waals surface area contributed by atoms with E-state index in [-0.39, 0.29) is 5.41 Å². The van der Waals surface area contributed by atoms with Crippen molar-refractivity contribution in [3.05, 3.63) is 117 Å². The van der Waals surface area contributed by atoms with E-state index in [0.717, 1.165) is 45.1 Å². The summed E-state index contributed by atoms with van der Waals surface area (Å²) < 4.78 is 16.3. The molecule has 6 heteroatoms. The predicted molar refractivity (Wildman–Crippen MR) is 200 cm³/mol. The quantitative estimate of drug-likeness (QED) is 0.189. The van der Waals surface area contributed by atoms with E-state index >= 15 is 0 Å². The van der Waals surface area contributed by atoms with Gasteiger partial charge in [0.1, 0.15) is 28.3 Å². The molecule has 0 amide bonds. The molecule has 1 aliphatic carbocycles. The molecule has 9 rings (SSSR count). The van der Waals surface area contributed by atoms with Crippen LogP contribution in [0.4, 0.5) is 0 Å². The number of nitrogens with zero attached hydrogens (tertiary/aromatic N) is 3. The van der Waals surface area contributed by atoms with Crippen LogP contribution < -0.4 is 4.74 Å². The van der Waals surface area contributed by atoms with Gasteiger partial charge in [0.05, 0.1) is 11.2 Å². The monoisotopic (exact) mass is 663 g/mol. The number of hydrogen-bond donors (Lipinski definition) is 0. The molecular formula is C43H41N3O2S. The molecular weight excluding hydrogens is 623 g/mol. The molecule has 0 saturated carbocycles. The summed E-state index contributed by atoms with van der Waals surface area (Å²) in [5, 5.41) is 2.44. The van der Waals surface area contributed by atoms with E-state index in [4.69, 9.17) is 19.5 Å². The first-order valence-electron chi connectivity index (χ1n) is 17.2. The van der Waals surface area contributed by atoms with E-state index in [1.54, 1.807) is 0 Å². The molecule has 49 heavy (non-hydrogen) atoms. The molecule has 2 aliphatic heterocycles. The molecule has 246 valence electrons. The Balaban J connectivity index is 1.16. The first kappa shape index (κ1) is 30.5. The zero-order chi connectivity index (χ0) is 34.4. The van der Waals surface area contributed by atoms with Gasteiger partial charge < -0.3 is 9.47 Å². The molecule has 0 saturated heterocycles. The Morgan fingerprint density at radius 2 is 1.51 bits per heavy atom. The Morgan fingerprint density at radius 1 is 0.755 bits per heavy atom. The normalized spacial score (nSPS) is 21.4. The van der Waals surface area contributed by atoms with Crippen molar-refractivity contribution in [2.24, 2.45) is 4.99 Å². The lowest BCUT2D eigenvalue weighted by atomic mass is 9.70. The van der Waals surface area contributed by atoms with Gasteiger partial charge in [0.25, 0.3) is 0 Å². The number of hydrogen-bond acceptors (Lipinski definition) is 5. The second-order valence-corrected chi connectivity index (χ2v) is 16.4. The largest absolute Gasteiger partial charge is 0.467 e. The first-order chi connectivity index (χ1) is 23.2. The molecule has 2 aromatic heterocycles. The fourth-order valence-corrected chi connectivity index (χ4v) is 10.2. The Labute approximate surface area is 292 Å². The number of fused-ring (bicyclic) bond motifs is 8. The second-order valence-electron chi connectivity index (χ2n) is 15.3. The molecule has 0 radical (unpaired) electrons. The Bertz CT molecular complexity index is 2510. The maximum Gasteiger partial charge on any atom is 0.218 e. The van der Waals surface area contributed by atoms with Gasteiger partial charge in [0.2, 0.25) is 5.90 Å². The Hall–Kier alpha value is -4.55. The lowest BCUT2D eigenvalue weighted by Gasteiger charge is -2.41. The summed E-state index contributed by atoms with van der Waals surface area (Å²) in [6.45, 7) is 22.0. The maximum atomic E-state index is 7.07. The highest BCUT2D eigenvalue weighted by Crippen LogP contribution is 2.63. The molecule has 6 aromatic rings. The number of pyridine rings is 1. The minimum atomic E-state index is -0.547. The number of benzene rings is 4. The van der Waals surface area contributed by atoms with Gasteiger partial charge in [-0.25, -0.2) is 9.98 Å². The third-order valence-corrected chi connectivity index (χ3v) is 13.0. The summed E-state index contributed by atoms with van der Waals surface area (Å²) in [6.07, 6.45) is 1.91. The average Bonchev–Trinajstić information content (AvgIpc) is 3.57. The molecule has 0 N–H and O–H groups in total. The fraction of sp³-hybridized carbons (Fsp3) is 0.302. The third-order valence-electron chi connectivity index (χ3n) is 11.9. The van der Waals surface area contributed by atoms with Crippen molar-refractivity contribution < 1.29 is 9.47 Å². The molecule has 2 atom stereocenters. The molecule has 5 nitrogen and oxygen atoms in total. The number of aromatic nitrogens is 2. The zero-order valence-electron chi connectivity index (χ0n) is 29.9. The van der Waals surface area contributed by atoms with E-state index in [0.29, 0.717) is 5.90 Å². The molecule has 0 bridgehead atoms. The van der Waals surface area contributed by atoms with Crippen LogP contribution in [0.1, 0.15) is 77.8 Å². The fourth-order valence-electron chi connectivity index (χ4n) is 9.06. The van der Waals surface area contributed by atoms with E-state index in [9.17, 15) is 0 Å². The number of para-hydroxylation sites is 1. The molecule has 0 fully saturated rings. The van der Waals surface area contributed by atoms with Crippen LogP contribution in [0, 0.1) is 41.5 Å². The molecule has 4 heterocycles. The van der Waals surface area contributed by atoms with Gasteiger partial charge in [-0.2, -0.15) is 0 Å². The average molecular weight is 664 g/mol. The summed E-state index contributed by atoms with van der Waals surface area (Å²) in [7, 11) is 0. The highest BCUT2D eigenvalue weighted by atomic mass is 32.2. The van der Waals surface area contributed by atoms with Crippen LogP contribution in [0.3, 0.4) is 0 Å². The van der Waals surface area contributed by atoms with Gasteiger partial charge in [0, 0.05) is 43.8 Å². The van der Waals surface area contributed by atoms with Crippen LogP contribution in [-0.2, 0) is 15.7 Å². The maximum absolute atomic E-state index is 7.07. The number of aryl methyl sites for hydroxylation is 6. The Kier molecular flexibility index (Phi) is 6.09. The lowest BCUT2D eigenvalue weighted by molar-refractivity contribution is -0.0137. The first-order valence-corrected chi connectivity index (χ1v) is 18.0. The van der Waals surface area contributed by atoms with Crippen molar-refractivity contribution in [3.63, 3.8) is 0 Å². The lowest BCUT2D eigenvalue weighted by Crippen LogP contribution is -2.51. The van der Waals surface area contributed by atoms with Crippen LogP contribution >= 0.6 is 11.8 Å². The summed E-state index contributed by atoms with van der Waals surface area (Å²) in [4.78, 5) is 12.8. The SMILES string of the molecule is Cc1cc(C)c2c(c1)[C@@]1(C)N=C(c3cc(Oc4cc5c(cc4C)Sc4cccc6c7c(C)ccnc7n-5c46)c(C)cc3C)O[C@@]1(C)C2(C)C. The van der Waals surface area contributed by atoms with Gasteiger partial charge >= 0.3 is 0 Å². The summed E-state index contributed by atoms with van der Waals surface area (Å²) >= 11 is 1.82. The highest BCUT2D eigenvalue weighted by molar-refractivity contribution is 7.99. The number of ether oxygens (including phenoxy) is 2.